The average Bonchev–Trinajstić information content (AvgIpc) is 3.37. The fourth-order valence-corrected chi connectivity index (χ4v) is 6.62. The van der Waals surface area contributed by atoms with Crippen LogP contribution in [0.5, 0.6) is 11.5 Å². The van der Waals surface area contributed by atoms with Crippen molar-refractivity contribution in [1.82, 2.24) is 0 Å². The van der Waals surface area contributed by atoms with Crippen molar-refractivity contribution < 1.29 is 49.8 Å². The van der Waals surface area contributed by atoms with Gasteiger partial charge < -0.3 is 30.1 Å². The molecule has 14 heteroatoms. The molecule has 1 saturated carbocycles. The van der Waals surface area contributed by atoms with Crippen molar-refractivity contribution in [3.8, 4) is 22.6 Å². The Balaban J connectivity index is 1.61. The van der Waals surface area contributed by atoms with Gasteiger partial charge in [-0.1, -0.05) is 31.9 Å². The van der Waals surface area contributed by atoms with Gasteiger partial charge in [0.25, 0.3) is 0 Å². The Bertz CT molecular complexity index is 1760. The topological polar surface area (TPSA) is 127 Å². The maximum atomic E-state index is 14.5. The zero-order chi connectivity index (χ0) is 38.2. The van der Waals surface area contributed by atoms with Crippen LogP contribution in [-0.2, 0) is 16.0 Å². The van der Waals surface area contributed by atoms with Gasteiger partial charge in [-0.3, -0.25) is 4.79 Å². The first-order valence-corrected chi connectivity index (χ1v) is 16.9. The Kier molecular flexibility index (Phi) is 11.5. The number of ether oxygens (including phenoxy) is 3. The molecule has 8 nitrogen and oxygen atoms in total. The van der Waals surface area contributed by atoms with E-state index in [0.717, 1.165) is 19.3 Å². The first-order chi connectivity index (χ1) is 23.4. The molecule has 0 spiro atoms. The molecule has 1 fully saturated rings. The summed E-state index contributed by atoms with van der Waals surface area (Å²) in [6.45, 7) is 10.1. The van der Waals surface area contributed by atoms with Crippen LogP contribution in [0.25, 0.3) is 22.1 Å². The molecule has 0 bridgehead atoms. The van der Waals surface area contributed by atoms with Gasteiger partial charge in [0.1, 0.15) is 35.2 Å². The largest absolute Gasteiger partial charge is 0.573 e. The second-order valence-corrected chi connectivity index (χ2v) is 14.9. The maximum absolute atomic E-state index is 14.5. The molecule has 1 aromatic heterocycles. The number of nitrogens with two attached hydrogens (primary N) is 2. The number of hydrogen-bond acceptors (Lipinski definition) is 8. The molecule has 0 radical (unpaired) electrons. The van der Waals surface area contributed by atoms with E-state index in [2.05, 4.69) is 4.74 Å². The standard InChI is InChI=1S/C37H46F6N2O6/c1-7-8-9-10-21-11-14-24(29(17-21)51-37(41,42)43)25-18-22-12-13-23(19-28(22)49-31(25)46)48-26-15-16-27(30(26)36(38,39)40)50-32(47)35(6,34(4,5)45)20-33(2,3)44/h11-14,17-19,26-27,30H,7-10,15-16,20,44-45H2,1-6H3. The lowest BCUT2D eigenvalue weighted by Gasteiger charge is -2.43. The normalized spacial score (nSPS) is 19.9. The molecule has 282 valence electrons. The monoisotopic (exact) mass is 728 g/mol. The molecular formula is C37H46F6N2O6. The molecule has 4 N–H and O–H groups in total. The molecule has 3 aromatic rings. The van der Waals surface area contributed by atoms with Crippen molar-refractivity contribution >= 4 is 16.9 Å². The lowest BCUT2D eigenvalue weighted by atomic mass is 9.67. The number of benzene rings is 2. The van der Waals surface area contributed by atoms with Gasteiger partial charge in [-0.15, -0.1) is 13.2 Å². The Labute approximate surface area is 292 Å². The third-order valence-electron chi connectivity index (χ3n) is 9.48. The van der Waals surface area contributed by atoms with Gasteiger partial charge in [0.05, 0.1) is 11.0 Å². The Morgan fingerprint density at radius 1 is 0.882 bits per heavy atom. The van der Waals surface area contributed by atoms with Gasteiger partial charge >= 0.3 is 24.1 Å². The van der Waals surface area contributed by atoms with Crippen LogP contribution in [0.15, 0.2) is 51.7 Å². The molecule has 2 aromatic carbocycles. The summed E-state index contributed by atoms with van der Waals surface area (Å²) >= 11 is 0. The van der Waals surface area contributed by atoms with E-state index in [-0.39, 0.29) is 47.1 Å². The fraction of sp³-hybridized carbons (Fsp3) is 0.568. The molecular weight excluding hydrogens is 682 g/mol. The van der Waals surface area contributed by atoms with Crippen molar-refractivity contribution in [2.45, 2.75) is 122 Å². The summed E-state index contributed by atoms with van der Waals surface area (Å²) in [6, 6.07) is 9.57. The highest BCUT2D eigenvalue weighted by atomic mass is 19.4. The van der Waals surface area contributed by atoms with Gasteiger partial charge in [0.15, 0.2) is 0 Å². The highest BCUT2D eigenvalue weighted by Gasteiger charge is 2.57. The zero-order valence-electron chi connectivity index (χ0n) is 29.6. The Morgan fingerprint density at radius 2 is 1.55 bits per heavy atom. The number of hydrogen-bond donors (Lipinski definition) is 2. The van der Waals surface area contributed by atoms with Crippen molar-refractivity contribution in [1.29, 1.82) is 0 Å². The van der Waals surface area contributed by atoms with E-state index >= 15 is 0 Å². The van der Waals surface area contributed by atoms with E-state index in [1.807, 2.05) is 6.92 Å². The summed E-state index contributed by atoms with van der Waals surface area (Å²) in [5.41, 5.74) is 8.25. The van der Waals surface area contributed by atoms with E-state index in [4.69, 9.17) is 25.4 Å². The van der Waals surface area contributed by atoms with Crippen molar-refractivity contribution in [2.24, 2.45) is 22.8 Å². The highest BCUT2D eigenvalue weighted by molar-refractivity contribution is 5.84. The number of halogens is 6. The number of carbonyl (C=O) groups is 1. The summed E-state index contributed by atoms with van der Waals surface area (Å²) in [7, 11) is 0. The number of rotatable bonds is 13. The van der Waals surface area contributed by atoms with Gasteiger partial charge in [-0.05, 0) is 96.6 Å². The van der Waals surface area contributed by atoms with Gasteiger partial charge in [-0.25, -0.2) is 4.79 Å². The van der Waals surface area contributed by atoms with E-state index in [1.54, 1.807) is 33.8 Å². The molecule has 1 aliphatic rings. The molecule has 0 saturated heterocycles. The van der Waals surface area contributed by atoms with Crippen LogP contribution < -0.4 is 26.6 Å². The molecule has 0 aliphatic heterocycles. The lowest BCUT2D eigenvalue weighted by Crippen LogP contribution is -2.59. The van der Waals surface area contributed by atoms with Gasteiger partial charge in [0.2, 0.25) is 0 Å². The molecule has 4 atom stereocenters. The summed E-state index contributed by atoms with van der Waals surface area (Å²) < 4.78 is 105. The number of alkyl halides is 6. The zero-order valence-corrected chi connectivity index (χ0v) is 29.6. The van der Waals surface area contributed by atoms with Gasteiger partial charge in [-0.2, -0.15) is 13.2 Å². The Morgan fingerprint density at radius 3 is 2.14 bits per heavy atom. The third kappa shape index (κ3) is 9.76. The van der Waals surface area contributed by atoms with Crippen LogP contribution in [-0.4, -0.2) is 41.8 Å². The van der Waals surface area contributed by atoms with Crippen LogP contribution in [0.3, 0.4) is 0 Å². The number of carbonyl (C=O) groups excluding carboxylic acids is 1. The van der Waals surface area contributed by atoms with E-state index in [0.29, 0.717) is 12.0 Å². The highest BCUT2D eigenvalue weighted by Crippen LogP contribution is 2.45. The smallest absolute Gasteiger partial charge is 0.489 e. The molecule has 51 heavy (non-hydrogen) atoms. The van der Waals surface area contributed by atoms with Crippen LogP contribution in [0.4, 0.5) is 26.3 Å². The van der Waals surface area contributed by atoms with Crippen LogP contribution in [0, 0.1) is 11.3 Å². The fourth-order valence-electron chi connectivity index (χ4n) is 6.62. The van der Waals surface area contributed by atoms with Crippen LogP contribution in [0.1, 0.15) is 85.6 Å². The number of unbranched alkanes of at least 4 members (excludes halogenated alkanes) is 2. The Hall–Kier alpha value is -3.78. The van der Waals surface area contributed by atoms with Crippen molar-refractivity contribution in [2.75, 3.05) is 0 Å². The molecule has 1 heterocycles. The quantitative estimate of drug-likeness (QED) is 0.0776. The number of aryl methyl sites for hydroxylation is 1. The van der Waals surface area contributed by atoms with Crippen molar-refractivity contribution in [3.05, 3.63) is 58.4 Å². The summed E-state index contributed by atoms with van der Waals surface area (Å²) in [5, 5.41) is 0.277. The summed E-state index contributed by atoms with van der Waals surface area (Å²) in [6.07, 6.45) is -9.93. The number of fused-ring (bicyclic) bond motifs is 1. The van der Waals surface area contributed by atoms with Crippen LogP contribution in [0.2, 0.25) is 0 Å². The summed E-state index contributed by atoms with van der Waals surface area (Å²) in [4.78, 5) is 26.6. The maximum Gasteiger partial charge on any atom is 0.573 e. The second kappa shape index (κ2) is 14.7. The van der Waals surface area contributed by atoms with E-state index in [1.165, 1.54) is 43.3 Å². The first kappa shape index (κ1) is 40.0. The molecule has 0 amide bonds. The minimum Gasteiger partial charge on any atom is -0.489 e. The molecule has 4 unspecified atom stereocenters. The predicted molar refractivity (Wildman–Crippen MR) is 180 cm³/mol. The second-order valence-electron chi connectivity index (χ2n) is 14.9. The average molecular weight is 729 g/mol. The first-order valence-electron chi connectivity index (χ1n) is 16.9. The minimum atomic E-state index is -5.02. The number of esters is 1. The molecule has 4 rings (SSSR count). The lowest BCUT2D eigenvalue weighted by molar-refractivity contribution is -0.274. The minimum absolute atomic E-state index is 0.0523. The van der Waals surface area contributed by atoms with Crippen LogP contribution >= 0.6 is 0 Å². The van der Waals surface area contributed by atoms with Crippen molar-refractivity contribution in [3.63, 3.8) is 0 Å². The van der Waals surface area contributed by atoms with E-state index in [9.17, 15) is 35.9 Å². The predicted octanol–water partition coefficient (Wildman–Crippen LogP) is 8.59. The third-order valence-corrected chi connectivity index (χ3v) is 9.48. The molecule has 1 aliphatic carbocycles. The SMILES string of the molecule is CCCCCc1ccc(-c2cc3ccc(OC4CCC(OC(=O)C(C)(CC(C)(C)N)C(C)(C)N)C4C(F)(F)F)cc3oc2=O)c(OC(F)(F)F)c1. The van der Waals surface area contributed by atoms with Gasteiger partial charge in [0, 0.05) is 28.1 Å². The van der Waals surface area contributed by atoms with E-state index < -0.39 is 64.5 Å². The summed E-state index contributed by atoms with van der Waals surface area (Å²) in [5.74, 6) is -3.69.